The number of hydrogen-bond acceptors (Lipinski definition) is 2. The van der Waals surface area contributed by atoms with Crippen LogP contribution in [0.15, 0.2) is 138 Å². The smallest absolute Gasteiger partial charge is 0.138 e. The minimum absolute atomic E-state index is 0.0160. The van der Waals surface area contributed by atoms with Crippen molar-refractivity contribution < 1.29 is 4.79 Å². The van der Waals surface area contributed by atoms with Crippen LogP contribution in [0.25, 0.3) is 10.8 Å². The van der Waals surface area contributed by atoms with E-state index in [4.69, 9.17) is 4.99 Å². The van der Waals surface area contributed by atoms with Gasteiger partial charge in [-0.05, 0) is 39.4 Å². The van der Waals surface area contributed by atoms with Crippen molar-refractivity contribution in [2.45, 2.75) is 31.2 Å². The lowest BCUT2D eigenvalue weighted by Gasteiger charge is -2.45. The van der Waals surface area contributed by atoms with Gasteiger partial charge in [0.2, 0.25) is 0 Å². The minimum atomic E-state index is -0.205. The predicted molar refractivity (Wildman–Crippen MR) is 172 cm³/mol. The molecule has 2 atom stereocenters. The van der Waals surface area contributed by atoms with Crippen molar-refractivity contribution in [3.05, 3.63) is 156 Å². The predicted octanol–water partition coefficient (Wildman–Crippen LogP) is 7.88. The number of amidine groups is 1. The van der Waals surface area contributed by atoms with Gasteiger partial charge in [-0.2, -0.15) is 0 Å². The number of aliphatic imine (C=N–C) groups is 1. The largest absolute Gasteiger partial charge is 0.359 e. The van der Waals surface area contributed by atoms with Gasteiger partial charge in [-0.3, -0.25) is 9.79 Å². The van der Waals surface area contributed by atoms with E-state index in [2.05, 4.69) is 138 Å². The van der Waals surface area contributed by atoms with Crippen molar-refractivity contribution in [3.8, 4) is 0 Å². The van der Waals surface area contributed by atoms with E-state index in [1.54, 1.807) is 0 Å². The van der Waals surface area contributed by atoms with Crippen LogP contribution >= 0.6 is 0 Å². The average molecular weight is 549 g/mol. The van der Waals surface area contributed by atoms with E-state index >= 15 is 0 Å². The highest BCUT2D eigenvalue weighted by Gasteiger charge is 2.54. The monoisotopic (exact) mass is 548 g/mol. The number of rotatable bonds is 6. The van der Waals surface area contributed by atoms with Gasteiger partial charge in [0.15, 0.2) is 0 Å². The van der Waals surface area contributed by atoms with Crippen LogP contribution in [0, 0.1) is 11.8 Å². The van der Waals surface area contributed by atoms with Crippen molar-refractivity contribution >= 4 is 22.4 Å². The Labute approximate surface area is 248 Å². The highest BCUT2D eigenvalue weighted by molar-refractivity contribution is 5.89. The lowest BCUT2D eigenvalue weighted by Crippen LogP contribution is -2.47. The van der Waals surface area contributed by atoms with E-state index in [9.17, 15) is 4.79 Å². The molecule has 1 heterocycles. The highest BCUT2D eigenvalue weighted by Crippen LogP contribution is 2.52. The quantitative estimate of drug-likeness (QED) is 0.160. The summed E-state index contributed by atoms with van der Waals surface area (Å²) in [7, 11) is 0. The second-order valence-corrected chi connectivity index (χ2v) is 11.8. The third kappa shape index (κ3) is 4.83. The van der Waals surface area contributed by atoms with Crippen molar-refractivity contribution in [1.29, 1.82) is 0 Å². The zero-order valence-electron chi connectivity index (χ0n) is 23.9. The van der Waals surface area contributed by atoms with Crippen molar-refractivity contribution in [3.63, 3.8) is 0 Å². The second-order valence-electron chi connectivity index (χ2n) is 11.8. The number of Topliss-reactive ketones (excluding diaryl/α,β-unsaturated/α-hetero) is 1. The molecule has 0 amide bonds. The van der Waals surface area contributed by atoms with Crippen LogP contribution in [0.2, 0.25) is 0 Å². The number of benzene rings is 5. The summed E-state index contributed by atoms with van der Waals surface area (Å²) in [5, 5.41) is 2.49. The molecule has 1 aliphatic heterocycles. The van der Waals surface area contributed by atoms with E-state index in [1.807, 2.05) is 0 Å². The number of nitrogens with zero attached hydrogens (tertiary/aromatic N) is 2. The van der Waals surface area contributed by atoms with Gasteiger partial charge >= 0.3 is 0 Å². The molecule has 1 aliphatic carbocycles. The maximum Gasteiger partial charge on any atom is 0.138 e. The molecule has 3 heteroatoms. The molecule has 5 aromatic carbocycles. The summed E-state index contributed by atoms with van der Waals surface area (Å²) in [5.41, 5.74) is 4.90. The third-order valence-electron chi connectivity index (χ3n) is 9.59. The van der Waals surface area contributed by atoms with Crippen LogP contribution < -0.4 is 0 Å². The van der Waals surface area contributed by atoms with Crippen LogP contribution in [0.3, 0.4) is 0 Å². The first-order valence-corrected chi connectivity index (χ1v) is 15.1. The molecule has 1 saturated carbocycles. The van der Waals surface area contributed by atoms with Crippen LogP contribution in [0.1, 0.15) is 35.1 Å². The molecule has 5 aromatic rings. The van der Waals surface area contributed by atoms with Gasteiger partial charge < -0.3 is 4.90 Å². The highest BCUT2D eigenvalue weighted by atomic mass is 16.1. The van der Waals surface area contributed by atoms with Gasteiger partial charge in [-0.1, -0.05) is 133 Å². The Morgan fingerprint density at radius 2 is 1.33 bits per heavy atom. The molecule has 0 spiro atoms. The first-order valence-electron chi connectivity index (χ1n) is 15.1. The van der Waals surface area contributed by atoms with Gasteiger partial charge in [-0.15, -0.1) is 0 Å². The summed E-state index contributed by atoms with van der Waals surface area (Å²) in [6.07, 6.45) is 2.21. The second kappa shape index (κ2) is 11.4. The van der Waals surface area contributed by atoms with Gasteiger partial charge in [0.05, 0.1) is 6.54 Å². The molecule has 0 aromatic heterocycles. The molecule has 208 valence electrons. The fourth-order valence-electron chi connectivity index (χ4n) is 7.54. The molecular weight excluding hydrogens is 512 g/mol. The third-order valence-corrected chi connectivity index (χ3v) is 9.59. The zero-order chi connectivity index (χ0) is 28.4. The van der Waals surface area contributed by atoms with Crippen LogP contribution in [-0.2, 0) is 23.2 Å². The summed E-state index contributed by atoms with van der Waals surface area (Å²) < 4.78 is 0. The summed E-state index contributed by atoms with van der Waals surface area (Å²) in [6, 6.07) is 47.5. The molecule has 2 fully saturated rings. The Bertz CT molecular complexity index is 1670. The maximum atomic E-state index is 13.6. The van der Waals surface area contributed by atoms with Crippen molar-refractivity contribution in [2.75, 3.05) is 13.1 Å². The van der Waals surface area contributed by atoms with E-state index in [0.29, 0.717) is 18.7 Å². The summed E-state index contributed by atoms with van der Waals surface area (Å²) >= 11 is 0. The molecule has 0 bridgehead atoms. The Morgan fingerprint density at radius 1 is 0.714 bits per heavy atom. The van der Waals surface area contributed by atoms with E-state index in [0.717, 1.165) is 31.8 Å². The Kier molecular flexibility index (Phi) is 7.17. The lowest BCUT2D eigenvalue weighted by atomic mass is 9.56. The Hall–Kier alpha value is -4.50. The van der Waals surface area contributed by atoms with Crippen LogP contribution in [0.4, 0.5) is 0 Å². The minimum Gasteiger partial charge on any atom is -0.359 e. The summed E-state index contributed by atoms with van der Waals surface area (Å²) in [6.45, 7) is 2.17. The van der Waals surface area contributed by atoms with Gasteiger partial charge in [0.1, 0.15) is 11.6 Å². The number of hydrogen-bond donors (Lipinski definition) is 0. The average Bonchev–Trinajstić information content (AvgIpc) is 3.52. The van der Waals surface area contributed by atoms with Crippen molar-refractivity contribution in [2.24, 2.45) is 16.8 Å². The molecule has 2 unspecified atom stereocenters. The standard InChI is InChI=1S/C39H36N2O/c42-37-23-24-39(32-18-6-2-7-19-32,33-20-8-3-9-21-33)36-28-41(27-35(36)37)38(25-29-13-4-1-5-14-29)40-26-31-17-12-16-30-15-10-11-22-34(30)31/h1-22,35-36H,23-28H2. The molecule has 0 radical (unpaired) electrons. The van der Waals surface area contributed by atoms with Crippen LogP contribution in [-0.4, -0.2) is 29.6 Å². The topological polar surface area (TPSA) is 32.7 Å². The number of carbonyl (C=O) groups excluding carboxylic acids is 1. The maximum absolute atomic E-state index is 13.6. The van der Waals surface area contributed by atoms with E-state index in [-0.39, 0.29) is 17.3 Å². The molecule has 2 aliphatic rings. The molecule has 0 N–H and O–H groups in total. The first-order chi connectivity index (χ1) is 20.7. The summed E-state index contributed by atoms with van der Waals surface area (Å²) in [5.74, 6) is 1.64. The summed E-state index contributed by atoms with van der Waals surface area (Å²) in [4.78, 5) is 21.4. The SMILES string of the molecule is O=C1CCC(c2ccccc2)(c2ccccc2)C2CN(C(Cc3ccccc3)=NCc3cccc4ccccc34)CC12. The molecule has 3 nitrogen and oxygen atoms in total. The fourth-order valence-corrected chi connectivity index (χ4v) is 7.54. The Morgan fingerprint density at radius 3 is 2.05 bits per heavy atom. The Balaban J connectivity index is 1.29. The number of likely N-dealkylation sites (tertiary alicyclic amines) is 1. The number of fused-ring (bicyclic) bond motifs is 2. The zero-order valence-corrected chi connectivity index (χ0v) is 23.9. The van der Waals surface area contributed by atoms with Gasteiger partial charge in [0, 0.05) is 43.2 Å². The fraction of sp³-hybridized carbons (Fsp3) is 0.231. The number of carbonyl (C=O) groups is 1. The molecule has 7 rings (SSSR count). The molecular formula is C39H36N2O. The van der Waals surface area contributed by atoms with Crippen molar-refractivity contribution in [1.82, 2.24) is 4.90 Å². The van der Waals surface area contributed by atoms with E-state index < -0.39 is 0 Å². The number of ketones is 1. The van der Waals surface area contributed by atoms with Gasteiger partial charge in [0.25, 0.3) is 0 Å². The molecule has 1 saturated heterocycles. The van der Waals surface area contributed by atoms with Crippen LogP contribution in [0.5, 0.6) is 0 Å². The van der Waals surface area contributed by atoms with Gasteiger partial charge in [-0.25, -0.2) is 0 Å². The first kappa shape index (κ1) is 26.4. The normalized spacial score (nSPS) is 20.0. The molecule has 42 heavy (non-hydrogen) atoms. The van der Waals surface area contributed by atoms with E-state index in [1.165, 1.54) is 33.0 Å². The lowest BCUT2D eigenvalue weighted by molar-refractivity contribution is -0.126.